The highest BCUT2D eigenvalue weighted by molar-refractivity contribution is 7.11. The Labute approximate surface area is 157 Å². The highest BCUT2D eigenvalue weighted by atomic mass is 32.1. The second-order valence-corrected chi connectivity index (χ2v) is 8.19. The van der Waals surface area contributed by atoms with E-state index in [0.717, 1.165) is 31.1 Å². The van der Waals surface area contributed by atoms with Gasteiger partial charge < -0.3 is 14.8 Å². The van der Waals surface area contributed by atoms with Gasteiger partial charge in [-0.15, -0.1) is 11.3 Å². The van der Waals surface area contributed by atoms with Gasteiger partial charge in [-0.2, -0.15) is 0 Å². The van der Waals surface area contributed by atoms with Crippen molar-refractivity contribution < 1.29 is 14.3 Å². The van der Waals surface area contributed by atoms with Crippen molar-refractivity contribution in [2.45, 2.75) is 26.3 Å². The lowest BCUT2D eigenvalue weighted by molar-refractivity contribution is 0.0930. The molecule has 1 aromatic carbocycles. The first-order valence-electron chi connectivity index (χ1n) is 8.99. The molecule has 2 aliphatic rings. The number of nitrogens with one attached hydrogen (secondary N) is 1. The zero-order chi connectivity index (χ0) is 17.9. The molecule has 6 nitrogen and oxygen atoms in total. The molecule has 3 heterocycles. The van der Waals surface area contributed by atoms with E-state index in [2.05, 4.69) is 15.2 Å². The summed E-state index contributed by atoms with van der Waals surface area (Å²) in [5, 5.41) is 4.19. The first-order chi connectivity index (χ1) is 12.7. The van der Waals surface area contributed by atoms with Crippen molar-refractivity contribution in [3.05, 3.63) is 39.8 Å². The fraction of sp³-hybridized carbons (Fsp3) is 0.474. The number of carbonyl (C=O) groups is 1. The molecular formula is C19H23N3O3S. The Bertz CT molecular complexity index is 792. The second-order valence-electron chi connectivity index (χ2n) is 6.87. The van der Waals surface area contributed by atoms with E-state index in [1.807, 2.05) is 13.1 Å². The van der Waals surface area contributed by atoms with Crippen LogP contribution in [0.3, 0.4) is 0 Å². The standard InChI is InChI=1S/C19H23N3O3S/c1-13-20-9-16(26-13)11-22-6-2-3-14(10-22)8-21-19(23)15-4-5-17-18(7-15)25-12-24-17/h4-5,7,9,14H,2-3,6,8,10-12H2,1H3,(H,21,23). The summed E-state index contributed by atoms with van der Waals surface area (Å²) in [6.45, 7) is 6.04. The summed E-state index contributed by atoms with van der Waals surface area (Å²) in [6.07, 6.45) is 4.30. The Morgan fingerprint density at radius 3 is 3.12 bits per heavy atom. The molecule has 0 saturated carbocycles. The Morgan fingerprint density at radius 2 is 2.27 bits per heavy atom. The predicted molar refractivity (Wildman–Crippen MR) is 99.8 cm³/mol. The van der Waals surface area contributed by atoms with Crippen LogP contribution in [0.15, 0.2) is 24.4 Å². The maximum atomic E-state index is 12.4. The number of piperidine rings is 1. The van der Waals surface area contributed by atoms with Crippen LogP contribution in [-0.2, 0) is 6.54 Å². The van der Waals surface area contributed by atoms with E-state index in [1.165, 1.54) is 11.3 Å². The zero-order valence-corrected chi connectivity index (χ0v) is 15.7. The monoisotopic (exact) mass is 373 g/mol. The van der Waals surface area contributed by atoms with Gasteiger partial charge in [-0.05, 0) is 50.4 Å². The van der Waals surface area contributed by atoms with E-state index in [9.17, 15) is 4.79 Å². The van der Waals surface area contributed by atoms with Crippen molar-refractivity contribution in [1.29, 1.82) is 0 Å². The van der Waals surface area contributed by atoms with E-state index in [-0.39, 0.29) is 12.7 Å². The van der Waals surface area contributed by atoms with E-state index >= 15 is 0 Å². The number of rotatable bonds is 5. The van der Waals surface area contributed by atoms with Crippen molar-refractivity contribution in [3.63, 3.8) is 0 Å². The Kier molecular flexibility index (Phi) is 5.08. The third-order valence-electron chi connectivity index (χ3n) is 4.84. The molecule has 0 bridgehead atoms. The number of amides is 1. The number of carbonyl (C=O) groups excluding carboxylic acids is 1. The summed E-state index contributed by atoms with van der Waals surface area (Å²) >= 11 is 1.76. The number of likely N-dealkylation sites (tertiary alicyclic amines) is 1. The largest absolute Gasteiger partial charge is 0.454 e. The van der Waals surface area contributed by atoms with Crippen LogP contribution in [0.5, 0.6) is 11.5 Å². The number of aromatic nitrogens is 1. The third-order valence-corrected chi connectivity index (χ3v) is 5.74. The normalized spacial score (nSPS) is 19.5. The lowest BCUT2D eigenvalue weighted by atomic mass is 9.98. The van der Waals surface area contributed by atoms with Crippen LogP contribution < -0.4 is 14.8 Å². The molecule has 1 unspecified atom stereocenters. The Hall–Kier alpha value is -2.12. The number of nitrogens with zero attached hydrogens (tertiary/aromatic N) is 2. The van der Waals surface area contributed by atoms with Crippen LogP contribution in [0.4, 0.5) is 0 Å². The highest BCUT2D eigenvalue weighted by Gasteiger charge is 2.22. The maximum absolute atomic E-state index is 12.4. The summed E-state index contributed by atoms with van der Waals surface area (Å²) in [7, 11) is 0. The zero-order valence-electron chi connectivity index (χ0n) is 14.9. The highest BCUT2D eigenvalue weighted by Crippen LogP contribution is 2.32. The van der Waals surface area contributed by atoms with Gasteiger partial charge in [-0.25, -0.2) is 4.98 Å². The van der Waals surface area contributed by atoms with Gasteiger partial charge in [0.25, 0.3) is 5.91 Å². The number of benzene rings is 1. The number of fused-ring (bicyclic) bond motifs is 1. The average molecular weight is 373 g/mol. The van der Waals surface area contributed by atoms with Gasteiger partial charge in [-0.3, -0.25) is 9.69 Å². The quantitative estimate of drug-likeness (QED) is 0.873. The van der Waals surface area contributed by atoms with Crippen molar-refractivity contribution in [2.24, 2.45) is 5.92 Å². The number of hydrogen-bond acceptors (Lipinski definition) is 6. The molecule has 26 heavy (non-hydrogen) atoms. The maximum Gasteiger partial charge on any atom is 0.251 e. The summed E-state index contributed by atoms with van der Waals surface area (Å²) in [5.41, 5.74) is 0.613. The van der Waals surface area contributed by atoms with E-state index in [4.69, 9.17) is 9.47 Å². The van der Waals surface area contributed by atoms with Gasteiger partial charge in [0.15, 0.2) is 11.5 Å². The van der Waals surface area contributed by atoms with Gasteiger partial charge in [0.1, 0.15) is 0 Å². The van der Waals surface area contributed by atoms with Crippen molar-refractivity contribution in [2.75, 3.05) is 26.4 Å². The van der Waals surface area contributed by atoms with Gasteiger partial charge >= 0.3 is 0 Å². The summed E-state index contributed by atoms with van der Waals surface area (Å²) in [5.74, 6) is 1.76. The Balaban J connectivity index is 1.29. The molecule has 1 aromatic heterocycles. The topological polar surface area (TPSA) is 63.7 Å². The lowest BCUT2D eigenvalue weighted by Gasteiger charge is -2.32. The minimum Gasteiger partial charge on any atom is -0.454 e. The van der Waals surface area contributed by atoms with E-state index < -0.39 is 0 Å². The molecule has 138 valence electrons. The molecule has 7 heteroatoms. The van der Waals surface area contributed by atoms with Crippen molar-refractivity contribution in [3.8, 4) is 11.5 Å². The molecule has 1 atom stereocenters. The molecule has 1 saturated heterocycles. The van der Waals surface area contributed by atoms with Gasteiger partial charge in [0.05, 0.1) is 5.01 Å². The average Bonchev–Trinajstić information content (AvgIpc) is 3.28. The number of hydrogen-bond donors (Lipinski definition) is 1. The van der Waals surface area contributed by atoms with Crippen LogP contribution in [-0.4, -0.2) is 42.2 Å². The number of aryl methyl sites for hydroxylation is 1. The first-order valence-corrected chi connectivity index (χ1v) is 9.80. The SMILES string of the molecule is Cc1ncc(CN2CCCC(CNC(=O)c3ccc4c(c3)OCO4)C2)s1. The fourth-order valence-electron chi connectivity index (χ4n) is 3.54. The lowest BCUT2D eigenvalue weighted by Crippen LogP contribution is -2.40. The van der Waals surface area contributed by atoms with Crippen LogP contribution in [0.25, 0.3) is 0 Å². The van der Waals surface area contributed by atoms with Gasteiger partial charge in [0, 0.05) is 36.3 Å². The second kappa shape index (κ2) is 7.63. The fourth-order valence-corrected chi connectivity index (χ4v) is 4.37. The molecular weight excluding hydrogens is 350 g/mol. The van der Waals surface area contributed by atoms with Crippen LogP contribution in [0, 0.1) is 12.8 Å². The van der Waals surface area contributed by atoms with E-state index in [1.54, 1.807) is 29.5 Å². The number of ether oxygens (including phenoxy) is 2. The molecule has 1 amide bonds. The van der Waals surface area contributed by atoms with E-state index in [0.29, 0.717) is 29.5 Å². The molecule has 0 aliphatic carbocycles. The molecule has 4 rings (SSSR count). The Morgan fingerprint density at radius 1 is 1.38 bits per heavy atom. The van der Waals surface area contributed by atoms with Crippen LogP contribution in [0.1, 0.15) is 33.1 Å². The molecule has 2 aromatic rings. The first kappa shape index (κ1) is 17.3. The smallest absolute Gasteiger partial charge is 0.251 e. The number of thiazole rings is 1. The third kappa shape index (κ3) is 3.99. The predicted octanol–water partition coefficient (Wildman–Crippen LogP) is 2.82. The van der Waals surface area contributed by atoms with Crippen molar-refractivity contribution in [1.82, 2.24) is 15.2 Å². The van der Waals surface area contributed by atoms with Gasteiger partial charge in [-0.1, -0.05) is 0 Å². The molecule has 1 fully saturated rings. The summed E-state index contributed by atoms with van der Waals surface area (Å²) in [4.78, 5) is 20.5. The minimum absolute atomic E-state index is 0.0569. The van der Waals surface area contributed by atoms with Crippen LogP contribution >= 0.6 is 11.3 Å². The molecule has 0 radical (unpaired) electrons. The summed E-state index contributed by atoms with van der Waals surface area (Å²) in [6, 6.07) is 5.32. The van der Waals surface area contributed by atoms with Crippen LogP contribution in [0.2, 0.25) is 0 Å². The molecule has 2 aliphatic heterocycles. The minimum atomic E-state index is -0.0569. The summed E-state index contributed by atoms with van der Waals surface area (Å²) < 4.78 is 10.6. The molecule has 0 spiro atoms. The van der Waals surface area contributed by atoms with Crippen molar-refractivity contribution >= 4 is 17.2 Å². The van der Waals surface area contributed by atoms with Gasteiger partial charge in [0.2, 0.25) is 6.79 Å². The molecule has 1 N–H and O–H groups in total.